The summed E-state index contributed by atoms with van der Waals surface area (Å²) in [5, 5.41) is 0. The molecular weight excluding hydrogens is 747 g/mol. The number of hydrogen-bond acceptors (Lipinski definition) is 7. The van der Waals surface area contributed by atoms with E-state index in [4.69, 9.17) is 15.2 Å². The topological polar surface area (TPSA) is 108 Å². The summed E-state index contributed by atoms with van der Waals surface area (Å²) in [6, 6.07) is 11.9. The number of rotatable bonds is 9. The van der Waals surface area contributed by atoms with Gasteiger partial charge in [0.2, 0.25) is 0 Å². The number of carbonyl (C=O) groups excluding carboxylic acids is 2. The summed E-state index contributed by atoms with van der Waals surface area (Å²) in [7, 11) is 0. The van der Waals surface area contributed by atoms with Crippen LogP contribution in [0.15, 0.2) is 85.2 Å². The molecule has 1 aliphatic rings. The summed E-state index contributed by atoms with van der Waals surface area (Å²) < 4.78 is 138. The second-order valence-electron chi connectivity index (χ2n) is 12.7. The molecule has 0 saturated carbocycles. The van der Waals surface area contributed by atoms with Crippen LogP contribution in [0.3, 0.4) is 0 Å². The summed E-state index contributed by atoms with van der Waals surface area (Å²) >= 11 is 0. The first-order valence-electron chi connectivity index (χ1n) is 16.7. The van der Waals surface area contributed by atoms with Crippen LogP contribution in [-0.2, 0) is 39.4 Å². The average Bonchev–Trinajstić information content (AvgIpc) is 3.13. The highest BCUT2D eigenvalue weighted by Crippen LogP contribution is 2.53. The van der Waals surface area contributed by atoms with Crippen LogP contribution in [0.1, 0.15) is 83.3 Å². The lowest BCUT2D eigenvalue weighted by molar-refractivity contribution is -0.143. The molecule has 2 N–H and O–H groups in total. The Morgan fingerprint density at radius 3 is 2.00 bits per heavy atom. The lowest BCUT2D eigenvalue weighted by Crippen LogP contribution is -2.62. The minimum absolute atomic E-state index is 0.0368. The maximum atomic E-state index is 14.2. The number of esters is 1. The summed E-state index contributed by atoms with van der Waals surface area (Å²) in [6.07, 6.45) is -12.5. The van der Waals surface area contributed by atoms with E-state index >= 15 is 0 Å². The molecule has 17 heteroatoms. The molecule has 55 heavy (non-hydrogen) atoms. The van der Waals surface area contributed by atoms with Gasteiger partial charge in [-0.05, 0) is 78.9 Å². The van der Waals surface area contributed by atoms with E-state index in [9.17, 15) is 49.1 Å². The zero-order chi connectivity index (χ0) is 40.3. The first-order valence-corrected chi connectivity index (χ1v) is 16.7. The monoisotopic (exact) mass is 780 g/mol. The standard InChI is InChI=1S/C38H33F9N4O4/c1-3-35(48)18-29(28-17-25(36(39,40)41)11-12-30(28)51(35)34(53)54-4-2)32(24-14-26(37(42,43)44)16-27(15-24)38(45,46)47)33-49-19-23(20-50-33)10-13-31(52)55-21-22-8-6-5-7-9-22/h5-17,19-20,29,32H,3-4,18,21,48H2,1-2H3/t29-,32?,35-/m1/s1. The van der Waals surface area contributed by atoms with Crippen molar-refractivity contribution in [1.29, 1.82) is 0 Å². The van der Waals surface area contributed by atoms with Gasteiger partial charge in [0.05, 0.1) is 40.6 Å². The van der Waals surface area contributed by atoms with Crippen molar-refractivity contribution in [3.05, 3.63) is 130 Å². The van der Waals surface area contributed by atoms with E-state index in [0.29, 0.717) is 29.8 Å². The van der Waals surface area contributed by atoms with Crippen LogP contribution in [0.2, 0.25) is 0 Å². The molecule has 0 fully saturated rings. The van der Waals surface area contributed by atoms with Gasteiger partial charge >= 0.3 is 30.6 Å². The lowest BCUT2D eigenvalue weighted by atomic mass is 9.71. The van der Waals surface area contributed by atoms with Gasteiger partial charge in [-0.2, -0.15) is 39.5 Å². The van der Waals surface area contributed by atoms with E-state index in [1.165, 1.54) is 13.0 Å². The third-order valence-corrected chi connectivity index (χ3v) is 9.05. The molecule has 3 aromatic carbocycles. The SMILES string of the molecule is CCOC(=O)N1c2ccc(C(F)(F)F)cc2[C@H](C(c2cc(C(F)(F)F)cc(C(F)(F)F)c2)c2ncc(C=CC(=O)OCc3ccccc3)cn2)C[C@@]1(N)CC. The highest BCUT2D eigenvalue weighted by atomic mass is 19.4. The molecular formula is C38H33F9N4O4. The van der Waals surface area contributed by atoms with E-state index < -0.39 is 76.8 Å². The Balaban J connectivity index is 1.69. The van der Waals surface area contributed by atoms with Gasteiger partial charge in [-0.25, -0.2) is 19.6 Å². The number of anilines is 1. The van der Waals surface area contributed by atoms with E-state index in [1.54, 1.807) is 37.3 Å². The third-order valence-electron chi connectivity index (χ3n) is 9.05. The number of ether oxygens (including phenoxy) is 2. The van der Waals surface area contributed by atoms with Crippen LogP contribution in [0.4, 0.5) is 50.0 Å². The van der Waals surface area contributed by atoms with Crippen molar-refractivity contribution in [1.82, 2.24) is 9.97 Å². The predicted molar refractivity (Wildman–Crippen MR) is 181 cm³/mol. The number of hydrogen-bond donors (Lipinski definition) is 1. The number of fused-ring (bicyclic) bond motifs is 1. The van der Waals surface area contributed by atoms with Gasteiger partial charge < -0.3 is 15.2 Å². The van der Waals surface area contributed by atoms with Crippen LogP contribution in [0.25, 0.3) is 6.08 Å². The normalized spacial score (nSPS) is 18.2. The number of halogens is 9. The smallest absolute Gasteiger partial charge is 0.416 e. The molecule has 8 nitrogen and oxygen atoms in total. The quantitative estimate of drug-likeness (QED) is 0.102. The van der Waals surface area contributed by atoms with Gasteiger partial charge in [0.1, 0.15) is 12.4 Å². The Morgan fingerprint density at radius 2 is 1.45 bits per heavy atom. The van der Waals surface area contributed by atoms with Crippen molar-refractivity contribution >= 4 is 23.8 Å². The van der Waals surface area contributed by atoms with Gasteiger partial charge in [0.25, 0.3) is 0 Å². The van der Waals surface area contributed by atoms with Gasteiger partial charge in [-0.15, -0.1) is 0 Å². The van der Waals surface area contributed by atoms with Crippen molar-refractivity contribution in [2.75, 3.05) is 11.5 Å². The number of amides is 1. The minimum Gasteiger partial charge on any atom is -0.458 e. The Labute approximate surface area is 308 Å². The molecule has 1 amide bonds. The Kier molecular flexibility index (Phi) is 11.6. The highest BCUT2D eigenvalue weighted by molar-refractivity contribution is 5.91. The summed E-state index contributed by atoms with van der Waals surface area (Å²) in [6.45, 7) is 2.84. The van der Waals surface area contributed by atoms with Crippen LogP contribution in [0, 0.1) is 0 Å². The highest BCUT2D eigenvalue weighted by Gasteiger charge is 2.49. The molecule has 0 aliphatic carbocycles. The van der Waals surface area contributed by atoms with Crippen LogP contribution in [0.5, 0.6) is 0 Å². The summed E-state index contributed by atoms with van der Waals surface area (Å²) in [5.41, 5.74) is 0.193. The third kappa shape index (κ3) is 9.27. The molecule has 0 radical (unpaired) electrons. The number of nitrogens with zero attached hydrogens (tertiary/aromatic N) is 3. The van der Waals surface area contributed by atoms with E-state index in [-0.39, 0.29) is 48.3 Å². The molecule has 4 aromatic rings. The van der Waals surface area contributed by atoms with Gasteiger partial charge in [0, 0.05) is 30.0 Å². The Bertz CT molecular complexity index is 2000. The molecule has 3 atom stereocenters. The van der Waals surface area contributed by atoms with Crippen LogP contribution in [-0.4, -0.2) is 34.3 Å². The van der Waals surface area contributed by atoms with Gasteiger partial charge in [-0.1, -0.05) is 37.3 Å². The molecule has 1 unspecified atom stereocenters. The van der Waals surface area contributed by atoms with Gasteiger partial charge in [0.15, 0.2) is 0 Å². The molecule has 5 rings (SSSR count). The Morgan fingerprint density at radius 1 is 0.855 bits per heavy atom. The largest absolute Gasteiger partial charge is 0.458 e. The predicted octanol–water partition coefficient (Wildman–Crippen LogP) is 9.64. The lowest BCUT2D eigenvalue weighted by Gasteiger charge is -2.48. The first kappa shape index (κ1) is 40.7. The summed E-state index contributed by atoms with van der Waals surface area (Å²) in [5.74, 6) is -4.27. The average molecular weight is 781 g/mol. The second kappa shape index (κ2) is 15.7. The van der Waals surface area contributed by atoms with E-state index in [2.05, 4.69) is 9.97 Å². The number of aromatic nitrogens is 2. The zero-order valence-electron chi connectivity index (χ0n) is 29.1. The van der Waals surface area contributed by atoms with Gasteiger partial charge in [-0.3, -0.25) is 4.90 Å². The van der Waals surface area contributed by atoms with Crippen molar-refractivity contribution in [2.24, 2.45) is 5.73 Å². The van der Waals surface area contributed by atoms with Crippen molar-refractivity contribution < 1.29 is 58.6 Å². The van der Waals surface area contributed by atoms with Crippen molar-refractivity contribution in [2.45, 2.75) is 69.3 Å². The van der Waals surface area contributed by atoms with Crippen LogP contribution >= 0.6 is 0 Å². The van der Waals surface area contributed by atoms with Crippen molar-refractivity contribution in [3.8, 4) is 0 Å². The first-order chi connectivity index (χ1) is 25.7. The van der Waals surface area contributed by atoms with Crippen molar-refractivity contribution in [3.63, 3.8) is 0 Å². The molecule has 2 heterocycles. The molecule has 0 spiro atoms. The fourth-order valence-corrected chi connectivity index (χ4v) is 6.38. The number of benzene rings is 3. The number of nitrogens with two attached hydrogens (primary N) is 1. The number of alkyl halides is 9. The second-order valence-corrected chi connectivity index (χ2v) is 12.7. The fourth-order valence-electron chi connectivity index (χ4n) is 6.38. The fraction of sp³-hybridized carbons (Fsp3) is 0.316. The minimum atomic E-state index is -5.28. The Hall–Kier alpha value is -5.45. The molecule has 0 bridgehead atoms. The van der Waals surface area contributed by atoms with E-state index in [1.807, 2.05) is 0 Å². The van der Waals surface area contributed by atoms with Crippen LogP contribution < -0.4 is 10.6 Å². The molecule has 292 valence electrons. The number of carbonyl (C=O) groups is 2. The molecule has 1 aromatic heterocycles. The molecule has 0 saturated heterocycles. The zero-order valence-corrected chi connectivity index (χ0v) is 29.1. The van der Waals surface area contributed by atoms with E-state index in [0.717, 1.165) is 29.4 Å². The maximum absolute atomic E-state index is 14.2. The summed E-state index contributed by atoms with van der Waals surface area (Å²) in [4.78, 5) is 35.1. The maximum Gasteiger partial charge on any atom is 0.416 e. The molecule has 1 aliphatic heterocycles.